The van der Waals surface area contributed by atoms with Crippen LogP contribution in [0.3, 0.4) is 0 Å². The molecule has 2 aromatic heterocycles. The van der Waals surface area contributed by atoms with E-state index in [2.05, 4.69) is 10.1 Å². The summed E-state index contributed by atoms with van der Waals surface area (Å²) in [4.78, 5) is 9.35. The molecule has 1 aliphatic heterocycles. The number of methoxy groups -OCH3 is 2. The van der Waals surface area contributed by atoms with Gasteiger partial charge in [-0.15, -0.1) is 5.10 Å². The Hall–Kier alpha value is -4.01. The van der Waals surface area contributed by atoms with E-state index < -0.39 is 0 Å². The first-order valence-electron chi connectivity index (χ1n) is 10.9. The number of phenolic OH excluding ortho intramolecular Hbond substituents is 1. The average Bonchev–Trinajstić information content (AvgIpc) is 3.31. The van der Waals surface area contributed by atoms with Gasteiger partial charge in [-0.25, -0.2) is 14.5 Å². The summed E-state index contributed by atoms with van der Waals surface area (Å²) in [5, 5.41) is 15.7. The number of aromatic hydroxyl groups is 1. The highest BCUT2D eigenvalue weighted by Gasteiger charge is 2.34. The fraction of sp³-hybridized carbons (Fsp3) is 0.115. The van der Waals surface area contributed by atoms with Crippen LogP contribution in [-0.2, 0) is 0 Å². The predicted molar refractivity (Wildman–Crippen MR) is 135 cm³/mol. The number of hydrogen-bond acceptors (Lipinski definition) is 7. The standard InChI is InChI=1S/C26H18Cl2N4O4/c1-34-19-8-3-13(9-21(19)35-2)22-17-7-5-15(33)11-20(17)36-26-23(22)25-30-24(31-32(25)12-29-26)16-6-4-14(27)10-18(16)28/h3-12,22,33H,1-2H3/t22-/m0/s1. The molecular formula is C26H18Cl2N4O4. The van der Waals surface area contributed by atoms with Crippen molar-refractivity contribution < 1.29 is 19.3 Å². The molecule has 3 heterocycles. The minimum Gasteiger partial charge on any atom is -0.508 e. The van der Waals surface area contributed by atoms with E-state index in [1.165, 1.54) is 6.33 Å². The third-order valence-corrected chi connectivity index (χ3v) is 6.65. The Labute approximate surface area is 215 Å². The molecule has 1 N–H and O–H groups in total. The van der Waals surface area contributed by atoms with E-state index in [9.17, 15) is 5.11 Å². The highest BCUT2D eigenvalue weighted by atomic mass is 35.5. The number of aromatic nitrogens is 4. The van der Waals surface area contributed by atoms with Gasteiger partial charge in [0.1, 0.15) is 17.8 Å². The number of nitrogens with zero attached hydrogens (tertiary/aromatic N) is 4. The summed E-state index contributed by atoms with van der Waals surface area (Å²) in [7, 11) is 3.18. The van der Waals surface area contributed by atoms with Crippen LogP contribution in [0.25, 0.3) is 17.0 Å². The second kappa shape index (κ2) is 8.58. The predicted octanol–water partition coefficient (Wildman–Crippen LogP) is 6.11. The van der Waals surface area contributed by atoms with Crippen molar-refractivity contribution >= 4 is 28.8 Å². The molecule has 8 nitrogen and oxygen atoms in total. The Morgan fingerprint density at radius 3 is 2.58 bits per heavy atom. The molecule has 0 bridgehead atoms. The van der Waals surface area contributed by atoms with Crippen molar-refractivity contribution in [1.29, 1.82) is 0 Å². The van der Waals surface area contributed by atoms with Gasteiger partial charge in [-0.3, -0.25) is 0 Å². The summed E-state index contributed by atoms with van der Waals surface area (Å²) in [6, 6.07) is 15.9. The molecule has 36 heavy (non-hydrogen) atoms. The summed E-state index contributed by atoms with van der Waals surface area (Å²) >= 11 is 12.5. The van der Waals surface area contributed by atoms with Crippen LogP contribution in [0.5, 0.6) is 28.9 Å². The van der Waals surface area contributed by atoms with Gasteiger partial charge in [0.05, 0.1) is 24.8 Å². The van der Waals surface area contributed by atoms with Gasteiger partial charge in [0, 0.05) is 28.1 Å². The molecule has 3 aromatic carbocycles. The lowest BCUT2D eigenvalue weighted by Gasteiger charge is -2.28. The molecule has 10 heteroatoms. The van der Waals surface area contributed by atoms with Crippen LogP contribution in [0.2, 0.25) is 10.0 Å². The van der Waals surface area contributed by atoms with Crippen LogP contribution in [0.1, 0.15) is 22.6 Å². The lowest BCUT2D eigenvalue weighted by atomic mass is 9.83. The van der Waals surface area contributed by atoms with Gasteiger partial charge in [0.15, 0.2) is 23.0 Å². The van der Waals surface area contributed by atoms with Gasteiger partial charge in [0.2, 0.25) is 5.88 Å². The maximum absolute atomic E-state index is 10.1. The molecule has 0 radical (unpaired) electrons. The number of rotatable bonds is 4. The summed E-state index contributed by atoms with van der Waals surface area (Å²) in [5.74, 6) is 2.22. The number of hydrogen-bond donors (Lipinski definition) is 1. The molecule has 1 aliphatic rings. The highest BCUT2D eigenvalue weighted by Crippen LogP contribution is 2.49. The van der Waals surface area contributed by atoms with Crippen LogP contribution in [0, 0.1) is 0 Å². The number of ether oxygens (including phenoxy) is 3. The fourth-order valence-electron chi connectivity index (χ4n) is 4.47. The first-order valence-corrected chi connectivity index (χ1v) is 11.7. The Bertz CT molecular complexity index is 1650. The van der Waals surface area contributed by atoms with Crippen LogP contribution in [0.15, 0.2) is 60.9 Å². The van der Waals surface area contributed by atoms with E-state index in [1.807, 2.05) is 24.3 Å². The molecular weight excluding hydrogens is 503 g/mol. The van der Waals surface area contributed by atoms with Crippen molar-refractivity contribution in [3.63, 3.8) is 0 Å². The quantitative estimate of drug-likeness (QED) is 0.300. The molecule has 6 rings (SSSR count). The molecule has 5 aromatic rings. The Balaban J connectivity index is 1.61. The van der Waals surface area contributed by atoms with E-state index in [4.69, 9.17) is 42.4 Å². The van der Waals surface area contributed by atoms with E-state index >= 15 is 0 Å². The topological polar surface area (TPSA) is 91.0 Å². The SMILES string of the molecule is COc1ccc([C@H]2c3ccc(O)cc3Oc3ncn4nc(-c5ccc(Cl)cc5Cl)nc4c32)cc1OC. The van der Waals surface area contributed by atoms with Gasteiger partial charge in [0.25, 0.3) is 0 Å². The van der Waals surface area contributed by atoms with Crippen LogP contribution in [-0.4, -0.2) is 38.9 Å². The van der Waals surface area contributed by atoms with Crippen molar-refractivity contribution in [3.8, 4) is 40.3 Å². The van der Waals surface area contributed by atoms with Gasteiger partial charge in [-0.05, 0) is 42.0 Å². The maximum Gasteiger partial charge on any atom is 0.228 e. The first-order chi connectivity index (χ1) is 17.5. The first kappa shape index (κ1) is 22.5. The minimum absolute atomic E-state index is 0.0893. The fourth-order valence-corrected chi connectivity index (χ4v) is 4.96. The summed E-state index contributed by atoms with van der Waals surface area (Å²) in [5.41, 5.74) is 3.64. The summed E-state index contributed by atoms with van der Waals surface area (Å²) < 4.78 is 18.7. The summed E-state index contributed by atoms with van der Waals surface area (Å²) in [6.45, 7) is 0. The highest BCUT2D eigenvalue weighted by molar-refractivity contribution is 6.36. The number of benzene rings is 3. The average molecular weight is 521 g/mol. The van der Waals surface area contributed by atoms with Gasteiger partial charge < -0.3 is 19.3 Å². The van der Waals surface area contributed by atoms with Gasteiger partial charge in [-0.1, -0.05) is 35.3 Å². The van der Waals surface area contributed by atoms with Crippen molar-refractivity contribution in [2.45, 2.75) is 5.92 Å². The molecule has 0 aliphatic carbocycles. The molecule has 0 saturated heterocycles. The molecule has 0 amide bonds. The lowest BCUT2D eigenvalue weighted by molar-refractivity contribution is 0.354. The van der Waals surface area contributed by atoms with Crippen LogP contribution in [0.4, 0.5) is 0 Å². The van der Waals surface area contributed by atoms with Crippen LogP contribution >= 0.6 is 23.2 Å². The molecule has 180 valence electrons. The van der Waals surface area contributed by atoms with Crippen LogP contribution < -0.4 is 14.2 Å². The smallest absolute Gasteiger partial charge is 0.228 e. The normalized spacial score (nSPS) is 14.2. The van der Waals surface area contributed by atoms with E-state index in [0.29, 0.717) is 55.8 Å². The second-order valence-corrected chi connectivity index (χ2v) is 9.01. The number of fused-ring (bicyclic) bond motifs is 4. The third-order valence-electron chi connectivity index (χ3n) is 6.10. The molecule has 0 unspecified atom stereocenters. The maximum atomic E-state index is 10.1. The zero-order chi connectivity index (χ0) is 25.0. The van der Waals surface area contributed by atoms with Crippen molar-refractivity contribution in [2.75, 3.05) is 14.2 Å². The Morgan fingerprint density at radius 2 is 1.81 bits per heavy atom. The second-order valence-electron chi connectivity index (χ2n) is 8.16. The zero-order valence-electron chi connectivity index (χ0n) is 19.1. The van der Waals surface area contributed by atoms with Crippen molar-refractivity contribution in [3.05, 3.63) is 87.7 Å². The Kier molecular flexibility index (Phi) is 5.35. The molecule has 0 fully saturated rings. The number of phenols is 1. The van der Waals surface area contributed by atoms with E-state index in [1.54, 1.807) is 49.1 Å². The molecule has 0 spiro atoms. The molecule has 1 atom stereocenters. The summed E-state index contributed by atoms with van der Waals surface area (Å²) in [6.07, 6.45) is 1.54. The monoisotopic (exact) mass is 520 g/mol. The Morgan fingerprint density at radius 1 is 0.972 bits per heavy atom. The number of halogens is 2. The van der Waals surface area contributed by atoms with Gasteiger partial charge in [-0.2, -0.15) is 0 Å². The van der Waals surface area contributed by atoms with Gasteiger partial charge >= 0.3 is 0 Å². The third kappa shape index (κ3) is 3.57. The van der Waals surface area contributed by atoms with Crippen molar-refractivity contribution in [1.82, 2.24) is 19.6 Å². The lowest BCUT2D eigenvalue weighted by Crippen LogP contribution is -2.15. The largest absolute Gasteiger partial charge is 0.508 e. The van der Waals surface area contributed by atoms with E-state index in [0.717, 1.165) is 11.1 Å². The van der Waals surface area contributed by atoms with E-state index in [-0.39, 0.29) is 11.7 Å². The van der Waals surface area contributed by atoms with Crippen molar-refractivity contribution in [2.24, 2.45) is 0 Å². The molecule has 0 saturated carbocycles. The zero-order valence-corrected chi connectivity index (χ0v) is 20.6. The minimum atomic E-state index is -0.349.